The Labute approximate surface area is 102 Å². The largest absolute Gasteiger partial charge is 0.381 e. The van der Waals surface area contributed by atoms with Gasteiger partial charge in [0.25, 0.3) is 0 Å². The fraction of sp³-hybridized carbons (Fsp3) is 0.571. The van der Waals surface area contributed by atoms with Crippen LogP contribution in [0, 0.1) is 11.7 Å². The van der Waals surface area contributed by atoms with E-state index >= 15 is 0 Å². The Hall–Kier alpha value is -0.930. The molecule has 1 saturated heterocycles. The molecule has 1 N–H and O–H groups in total. The molecule has 0 amide bonds. The zero-order chi connectivity index (χ0) is 12.1. The second kappa shape index (κ2) is 6.12. The predicted octanol–water partition coefficient (Wildman–Crippen LogP) is 2.90. The van der Waals surface area contributed by atoms with E-state index in [0.29, 0.717) is 5.92 Å². The summed E-state index contributed by atoms with van der Waals surface area (Å²) in [6, 6.07) is 7.03. The first-order chi connectivity index (χ1) is 8.27. The zero-order valence-electron chi connectivity index (χ0n) is 10.3. The van der Waals surface area contributed by atoms with Gasteiger partial charge >= 0.3 is 0 Å². The molecule has 0 aromatic heterocycles. The molecule has 0 spiro atoms. The second-order valence-corrected chi connectivity index (χ2v) is 4.71. The minimum Gasteiger partial charge on any atom is -0.381 e. The molecular weight excluding hydrogens is 217 g/mol. The van der Waals surface area contributed by atoms with Gasteiger partial charge in [-0.25, -0.2) is 4.39 Å². The van der Waals surface area contributed by atoms with Crippen LogP contribution in [-0.4, -0.2) is 19.8 Å². The first-order valence-electron chi connectivity index (χ1n) is 6.33. The van der Waals surface area contributed by atoms with Crippen LogP contribution in [0.3, 0.4) is 0 Å². The van der Waals surface area contributed by atoms with Crippen LogP contribution in [0.25, 0.3) is 0 Å². The Balaban J connectivity index is 1.84. The summed E-state index contributed by atoms with van der Waals surface area (Å²) in [6.45, 7) is 4.68. The van der Waals surface area contributed by atoms with Crippen LogP contribution in [0.4, 0.5) is 4.39 Å². The Kier molecular flexibility index (Phi) is 4.51. The van der Waals surface area contributed by atoms with E-state index in [4.69, 9.17) is 4.74 Å². The van der Waals surface area contributed by atoms with Gasteiger partial charge in [-0.05, 0) is 38.3 Å². The van der Waals surface area contributed by atoms with Crippen LogP contribution in [0.15, 0.2) is 24.3 Å². The highest BCUT2D eigenvalue weighted by Gasteiger charge is 2.16. The molecule has 2 rings (SSSR count). The van der Waals surface area contributed by atoms with Crippen molar-refractivity contribution in [2.75, 3.05) is 19.8 Å². The number of benzene rings is 1. The van der Waals surface area contributed by atoms with Crippen LogP contribution in [0.1, 0.15) is 31.4 Å². The van der Waals surface area contributed by atoms with Crippen LogP contribution < -0.4 is 5.32 Å². The topological polar surface area (TPSA) is 21.3 Å². The monoisotopic (exact) mass is 237 g/mol. The molecule has 0 saturated carbocycles. The van der Waals surface area contributed by atoms with E-state index in [1.54, 1.807) is 6.07 Å². The number of hydrogen-bond acceptors (Lipinski definition) is 2. The molecular formula is C14H20FNO. The van der Waals surface area contributed by atoms with Crippen molar-refractivity contribution in [3.8, 4) is 0 Å². The molecule has 1 fully saturated rings. The summed E-state index contributed by atoms with van der Waals surface area (Å²) in [7, 11) is 0. The molecule has 1 aliphatic heterocycles. The molecule has 17 heavy (non-hydrogen) atoms. The van der Waals surface area contributed by atoms with E-state index in [2.05, 4.69) is 5.32 Å². The molecule has 1 aromatic carbocycles. The summed E-state index contributed by atoms with van der Waals surface area (Å²) in [5.74, 6) is 0.539. The molecule has 1 atom stereocenters. The van der Waals surface area contributed by atoms with Gasteiger partial charge < -0.3 is 10.1 Å². The molecule has 1 aromatic rings. The SMILES string of the molecule is C[C@@H](NCC1CCOCC1)c1ccccc1F. The lowest BCUT2D eigenvalue weighted by molar-refractivity contribution is 0.0656. The summed E-state index contributed by atoms with van der Waals surface area (Å²) < 4.78 is 18.9. The molecule has 1 heterocycles. The number of rotatable bonds is 4. The lowest BCUT2D eigenvalue weighted by Crippen LogP contribution is -2.29. The molecule has 1 aliphatic rings. The van der Waals surface area contributed by atoms with E-state index in [0.717, 1.165) is 38.2 Å². The maximum absolute atomic E-state index is 13.5. The van der Waals surface area contributed by atoms with E-state index in [9.17, 15) is 4.39 Å². The lowest BCUT2D eigenvalue weighted by atomic mass is 9.99. The number of ether oxygens (including phenoxy) is 1. The first-order valence-corrected chi connectivity index (χ1v) is 6.33. The van der Waals surface area contributed by atoms with Crippen molar-refractivity contribution in [1.29, 1.82) is 0 Å². The maximum atomic E-state index is 13.5. The second-order valence-electron chi connectivity index (χ2n) is 4.71. The third-order valence-electron chi connectivity index (χ3n) is 3.43. The van der Waals surface area contributed by atoms with Crippen molar-refractivity contribution in [1.82, 2.24) is 5.32 Å². The average Bonchev–Trinajstić information content (AvgIpc) is 2.38. The van der Waals surface area contributed by atoms with Crippen LogP contribution >= 0.6 is 0 Å². The maximum Gasteiger partial charge on any atom is 0.127 e. The van der Waals surface area contributed by atoms with Gasteiger partial charge in [0.1, 0.15) is 5.82 Å². The van der Waals surface area contributed by atoms with Crippen molar-refractivity contribution >= 4 is 0 Å². The van der Waals surface area contributed by atoms with Gasteiger partial charge in [0.15, 0.2) is 0 Å². The third-order valence-corrected chi connectivity index (χ3v) is 3.43. The fourth-order valence-corrected chi connectivity index (χ4v) is 2.23. The van der Waals surface area contributed by atoms with Crippen LogP contribution in [-0.2, 0) is 4.74 Å². The zero-order valence-corrected chi connectivity index (χ0v) is 10.3. The Morgan fingerprint density at radius 2 is 2.06 bits per heavy atom. The Morgan fingerprint density at radius 1 is 1.35 bits per heavy atom. The summed E-state index contributed by atoms with van der Waals surface area (Å²) in [5, 5.41) is 3.41. The van der Waals surface area contributed by atoms with Gasteiger partial charge in [-0.15, -0.1) is 0 Å². The highest BCUT2D eigenvalue weighted by atomic mass is 19.1. The smallest absolute Gasteiger partial charge is 0.127 e. The van der Waals surface area contributed by atoms with Gasteiger partial charge in [-0.1, -0.05) is 18.2 Å². The minimum absolute atomic E-state index is 0.0686. The van der Waals surface area contributed by atoms with Crippen LogP contribution in [0.5, 0.6) is 0 Å². The number of nitrogens with one attached hydrogen (secondary N) is 1. The van der Waals surface area contributed by atoms with Gasteiger partial charge in [-0.3, -0.25) is 0 Å². The van der Waals surface area contributed by atoms with Gasteiger partial charge in [0.2, 0.25) is 0 Å². The van der Waals surface area contributed by atoms with Crippen LogP contribution in [0.2, 0.25) is 0 Å². The minimum atomic E-state index is -0.125. The standard InChI is InChI=1S/C14H20FNO/c1-11(13-4-2-3-5-14(13)15)16-10-12-6-8-17-9-7-12/h2-5,11-12,16H,6-10H2,1H3/t11-/m1/s1. The highest BCUT2D eigenvalue weighted by Crippen LogP contribution is 2.18. The van der Waals surface area contributed by atoms with Gasteiger partial charge in [0, 0.05) is 24.8 Å². The number of hydrogen-bond donors (Lipinski definition) is 1. The molecule has 3 heteroatoms. The first kappa shape index (κ1) is 12.5. The normalized spacial score (nSPS) is 19.2. The number of halogens is 1. The molecule has 0 unspecified atom stereocenters. The highest BCUT2D eigenvalue weighted by molar-refractivity contribution is 5.20. The summed E-state index contributed by atoms with van der Waals surface area (Å²) in [5.41, 5.74) is 0.750. The molecule has 0 radical (unpaired) electrons. The van der Waals surface area contributed by atoms with E-state index in [1.165, 1.54) is 6.07 Å². The quantitative estimate of drug-likeness (QED) is 0.869. The predicted molar refractivity (Wildman–Crippen MR) is 66.4 cm³/mol. The van der Waals surface area contributed by atoms with Crippen molar-refractivity contribution in [3.63, 3.8) is 0 Å². The molecule has 2 nitrogen and oxygen atoms in total. The average molecular weight is 237 g/mol. The van der Waals surface area contributed by atoms with Crippen molar-refractivity contribution in [3.05, 3.63) is 35.6 Å². The third kappa shape index (κ3) is 3.51. The lowest BCUT2D eigenvalue weighted by Gasteiger charge is -2.24. The summed E-state index contributed by atoms with van der Waals surface area (Å²) in [4.78, 5) is 0. The van der Waals surface area contributed by atoms with Crippen molar-refractivity contribution in [2.24, 2.45) is 5.92 Å². The summed E-state index contributed by atoms with van der Waals surface area (Å²) >= 11 is 0. The molecule has 0 bridgehead atoms. The van der Waals surface area contributed by atoms with E-state index in [1.807, 2.05) is 19.1 Å². The van der Waals surface area contributed by atoms with Gasteiger partial charge in [-0.2, -0.15) is 0 Å². The molecule has 0 aliphatic carbocycles. The van der Waals surface area contributed by atoms with Gasteiger partial charge in [0.05, 0.1) is 0 Å². The summed E-state index contributed by atoms with van der Waals surface area (Å²) in [6.07, 6.45) is 2.22. The van der Waals surface area contributed by atoms with Crippen molar-refractivity contribution in [2.45, 2.75) is 25.8 Å². The van der Waals surface area contributed by atoms with E-state index in [-0.39, 0.29) is 11.9 Å². The Bertz CT molecular complexity index is 350. The van der Waals surface area contributed by atoms with E-state index < -0.39 is 0 Å². The van der Waals surface area contributed by atoms with Crippen molar-refractivity contribution < 1.29 is 9.13 Å². The Morgan fingerprint density at radius 3 is 2.76 bits per heavy atom. The molecule has 94 valence electrons. The fourth-order valence-electron chi connectivity index (χ4n) is 2.23.